The van der Waals surface area contributed by atoms with Crippen molar-refractivity contribution in [3.8, 4) is 0 Å². The Morgan fingerprint density at radius 1 is 1.14 bits per heavy atom. The van der Waals surface area contributed by atoms with Crippen LogP contribution in [0.2, 0.25) is 0 Å². The smallest absolute Gasteiger partial charge is 0.335 e. The number of amides is 1. The number of nitrogens with zero attached hydrogens (tertiary/aromatic N) is 2. The third kappa shape index (κ3) is 4.95. The van der Waals surface area contributed by atoms with Crippen LogP contribution in [0.4, 0.5) is 0 Å². The predicted molar refractivity (Wildman–Crippen MR) is 111 cm³/mol. The lowest BCUT2D eigenvalue weighted by Gasteiger charge is -2.07. The van der Waals surface area contributed by atoms with Crippen LogP contribution in [0.5, 0.6) is 0 Å². The molecule has 3 rings (SSSR count). The Kier molecular flexibility index (Phi) is 6.06. The van der Waals surface area contributed by atoms with E-state index < -0.39 is 5.97 Å². The number of aryl methyl sites for hydroxylation is 2. The quantitative estimate of drug-likeness (QED) is 0.378. The molecule has 7 heteroatoms. The molecule has 6 nitrogen and oxygen atoms in total. The van der Waals surface area contributed by atoms with E-state index in [4.69, 9.17) is 5.11 Å². The Labute approximate surface area is 166 Å². The van der Waals surface area contributed by atoms with E-state index in [2.05, 4.69) is 21.6 Å². The molecule has 0 unspecified atom stereocenters. The van der Waals surface area contributed by atoms with Crippen LogP contribution in [0.25, 0.3) is 10.9 Å². The lowest BCUT2D eigenvalue weighted by atomic mass is 10.1. The summed E-state index contributed by atoms with van der Waals surface area (Å²) in [6, 6.07) is 14.3. The van der Waals surface area contributed by atoms with Crippen molar-refractivity contribution in [2.75, 3.05) is 5.75 Å². The molecule has 2 N–H and O–H groups in total. The Bertz CT molecular complexity index is 1060. The zero-order valence-corrected chi connectivity index (χ0v) is 16.3. The zero-order valence-electron chi connectivity index (χ0n) is 15.5. The summed E-state index contributed by atoms with van der Waals surface area (Å²) in [5.41, 5.74) is 6.58. The number of aromatic nitrogens is 1. The summed E-state index contributed by atoms with van der Waals surface area (Å²) in [4.78, 5) is 27.4. The van der Waals surface area contributed by atoms with Crippen LogP contribution >= 0.6 is 11.8 Å². The van der Waals surface area contributed by atoms with Crippen molar-refractivity contribution >= 4 is 40.8 Å². The van der Waals surface area contributed by atoms with Crippen LogP contribution in [-0.2, 0) is 4.79 Å². The Morgan fingerprint density at radius 3 is 2.61 bits per heavy atom. The molecule has 0 saturated heterocycles. The third-order valence-corrected chi connectivity index (χ3v) is 4.97. The van der Waals surface area contributed by atoms with E-state index in [1.54, 1.807) is 12.1 Å². The van der Waals surface area contributed by atoms with E-state index in [1.165, 1.54) is 35.7 Å². The molecule has 0 aliphatic carbocycles. The monoisotopic (exact) mass is 393 g/mol. The number of hydrogen-bond donors (Lipinski definition) is 2. The molecule has 1 amide bonds. The van der Waals surface area contributed by atoms with Gasteiger partial charge in [-0.25, -0.2) is 15.2 Å². The average Bonchev–Trinajstić information content (AvgIpc) is 2.67. The van der Waals surface area contributed by atoms with Gasteiger partial charge in [-0.05, 0) is 55.3 Å². The maximum Gasteiger partial charge on any atom is 0.335 e. The van der Waals surface area contributed by atoms with Crippen molar-refractivity contribution in [3.05, 3.63) is 70.8 Å². The second-order valence-electron chi connectivity index (χ2n) is 6.31. The van der Waals surface area contributed by atoms with Crippen LogP contribution in [0.3, 0.4) is 0 Å². The number of benzene rings is 2. The molecule has 2 aromatic carbocycles. The molecule has 28 heavy (non-hydrogen) atoms. The lowest BCUT2D eigenvalue weighted by Crippen LogP contribution is -2.19. The highest BCUT2D eigenvalue weighted by Crippen LogP contribution is 2.24. The summed E-state index contributed by atoms with van der Waals surface area (Å²) in [7, 11) is 0. The maximum absolute atomic E-state index is 12.0. The second-order valence-corrected chi connectivity index (χ2v) is 7.30. The first-order valence-electron chi connectivity index (χ1n) is 8.58. The molecule has 0 aliphatic rings. The molecule has 1 heterocycles. The first kappa shape index (κ1) is 19.6. The topological polar surface area (TPSA) is 91.7 Å². The number of nitrogens with one attached hydrogen (secondary N) is 1. The Morgan fingerprint density at radius 2 is 1.89 bits per heavy atom. The standard InChI is InChI=1S/C21H19N3O3S/c1-13-3-8-18-17(9-13)14(2)10-20(23-18)28-12-19(25)24-22-11-15-4-6-16(7-5-15)21(26)27/h3-11H,12H2,1-2H3,(H,24,25)(H,26,27). The van der Waals surface area contributed by atoms with Crippen molar-refractivity contribution in [3.63, 3.8) is 0 Å². The fourth-order valence-electron chi connectivity index (χ4n) is 2.61. The number of hydrazone groups is 1. The molecular weight excluding hydrogens is 374 g/mol. The summed E-state index contributed by atoms with van der Waals surface area (Å²) >= 11 is 1.35. The van der Waals surface area contributed by atoms with Gasteiger partial charge in [0.25, 0.3) is 0 Å². The first-order valence-corrected chi connectivity index (χ1v) is 9.57. The molecule has 0 radical (unpaired) electrons. The number of rotatable bonds is 6. The Balaban J connectivity index is 1.56. The van der Waals surface area contributed by atoms with Gasteiger partial charge >= 0.3 is 5.97 Å². The average molecular weight is 393 g/mol. The van der Waals surface area contributed by atoms with E-state index >= 15 is 0 Å². The molecule has 0 fully saturated rings. The van der Waals surface area contributed by atoms with Crippen molar-refractivity contribution in [1.82, 2.24) is 10.4 Å². The van der Waals surface area contributed by atoms with E-state index in [-0.39, 0.29) is 17.2 Å². The largest absolute Gasteiger partial charge is 0.478 e. The van der Waals surface area contributed by atoms with Gasteiger partial charge in [0.15, 0.2) is 0 Å². The van der Waals surface area contributed by atoms with Gasteiger partial charge in [0.05, 0.1) is 28.1 Å². The lowest BCUT2D eigenvalue weighted by molar-refractivity contribution is -0.118. The predicted octanol–water partition coefficient (Wildman–Crippen LogP) is 3.79. The minimum Gasteiger partial charge on any atom is -0.478 e. The van der Waals surface area contributed by atoms with E-state index in [1.807, 2.05) is 32.0 Å². The van der Waals surface area contributed by atoms with Crippen molar-refractivity contribution in [2.45, 2.75) is 18.9 Å². The van der Waals surface area contributed by atoms with Gasteiger partial charge in [-0.2, -0.15) is 5.10 Å². The number of carboxylic acids is 1. The van der Waals surface area contributed by atoms with Gasteiger partial charge in [-0.3, -0.25) is 4.79 Å². The highest BCUT2D eigenvalue weighted by molar-refractivity contribution is 7.99. The maximum atomic E-state index is 12.0. The summed E-state index contributed by atoms with van der Waals surface area (Å²) in [6.07, 6.45) is 1.47. The number of fused-ring (bicyclic) bond motifs is 1. The Hall–Kier alpha value is -3.19. The summed E-state index contributed by atoms with van der Waals surface area (Å²) in [5, 5.41) is 14.7. The molecule has 0 bridgehead atoms. The molecule has 0 atom stereocenters. The van der Waals surface area contributed by atoms with Gasteiger partial charge < -0.3 is 5.11 Å². The van der Waals surface area contributed by atoms with E-state index in [9.17, 15) is 9.59 Å². The minimum absolute atomic E-state index is 0.194. The van der Waals surface area contributed by atoms with Crippen LogP contribution in [-0.4, -0.2) is 33.9 Å². The normalized spacial score (nSPS) is 11.1. The van der Waals surface area contributed by atoms with E-state index in [0.29, 0.717) is 5.56 Å². The zero-order chi connectivity index (χ0) is 20.1. The van der Waals surface area contributed by atoms with Crippen LogP contribution in [0.1, 0.15) is 27.0 Å². The van der Waals surface area contributed by atoms with Crippen molar-refractivity contribution in [1.29, 1.82) is 0 Å². The molecule has 3 aromatic rings. The van der Waals surface area contributed by atoms with Crippen molar-refractivity contribution < 1.29 is 14.7 Å². The molecule has 0 saturated carbocycles. The van der Waals surface area contributed by atoms with E-state index in [0.717, 1.165) is 21.5 Å². The molecule has 1 aromatic heterocycles. The number of hydrogen-bond acceptors (Lipinski definition) is 5. The van der Waals surface area contributed by atoms with Gasteiger partial charge in [-0.15, -0.1) is 0 Å². The fourth-order valence-corrected chi connectivity index (χ4v) is 3.38. The summed E-state index contributed by atoms with van der Waals surface area (Å²) < 4.78 is 0. The third-order valence-electron chi connectivity index (χ3n) is 4.06. The number of pyridine rings is 1. The number of carboxylic acid groups (broad SMARTS) is 1. The second kappa shape index (κ2) is 8.67. The summed E-state index contributed by atoms with van der Waals surface area (Å²) in [6.45, 7) is 4.08. The highest BCUT2D eigenvalue weighted by atomic mass is 32.2. The minimum atomic E-state index is -0.985. The number of carbonyl (C=O) groups is 2. The van der Waals surface area contributed by atoms with Crippen molar-refractivity contribution in [2.24, 2.45) is 5.10 Å². The molecule has 142 valence electrons. The van der Waals surface area contributed by atoms with Crippen LogP contribution < -0.4 is 5.43 Å². The highest BCUT2D eigenvalue weighted by Gasteiger charge is 2.07. The summed E-state index contributed by atoms with van der Waals surface area (Å²) in [5.74, 6) is -1.03. The van der Waals surface area contributed by atoms with Gasteiger partial charge in [0, 0.05) is 5.39 Å². The van der Waals surface area contributed by atoms with Gasteiger partial charge in [-0.1, -0.05) is 35.5 Å². The fraction of sp³-hybridized carbons (Fsp3) is 0.143. The number of aromatic carboxylic acids is 1. The van der Waals surface area contributed by atoms with Crippen LogP contribution in [0.15, 0.2) is 58.7 Å². The van der Waals surface area contributed by atoms with Gasteiger partial charge in [0.2, 0.25) is 5.91 Å². The number of carbonyl (C=O) groups excluding carboxylic acids is 1. The van der Waals surface area contributed by atoms with Gasteiger partial charge in [0.1, 0.15) is 0 Å². The molecule has 0 aliphatic heterocycles. The van der Waals surface area contributed by atoms with Crippen LogP contribution in [0, 0.1) is 13.8 Å². The number of thioether (sulfide) groups is 1. The molecular formula is C21H19N3O3S. The molecule has 0 spiro atoms. The SMILES string of the molecule is Cc1ccc2nc(SCC(=O)NN=Cc3ccc(C(=O)O)cc3)cc(C)c2c1. The first-order chi connectivity index (χ1) is 13.4.